The first-order valence-corrected chi connectivity index (χ1v) is 13.2. The van der Waals surface area contributed by atoms with Crippen LogP contribution in [0, 0.1) is 0 Å². The Morgan fingerprint density at radius 3 is 2.08 bits per heavy atom. The third-order valence-corrected chi connectivity index (χ3v) is 6.90. The van der Waals surface area contributed by atoms with E-state index in [9.17, 15) is 14.4 Å². The normalized spacial score (nSPS) is 19.6. The Balaban J connectivity index is 1.78. The summed E-state index contributed by atoms with van der Waals surface area (Å²) < 4.78 is 0. The van der Waals surface area contributed by atoms with Crippen LogP contribution in [0.1, 0.15) is 63.6 Å². The van der Waals surface area contributed by atoms with Crippen LogP contribution in [0.2, 0.25) is 0 Å². The number of carbonyl (C=O) groups excluding carboxylic acids is 3. The van der Waals surface area contributed by atoms with E-state index in [2.05, 4.69) is 10.6 Å². The lowest BCUT2D eigenvalue weighted by molar-refractivity contribution is -0.181. The van der Waals surface area contributed by atoms with Gasteiger partial charge in [0.15, 0.2) is 0 Å². The van der Waals surface area contributed by atoms with Crippen molar-refractivity contribution in [1.29, 1.82) is 0 Å². The van der Waals surface area contributed by atoms with Gasteiger partial charge in [0.2, 0.25) is 5.91 Å². The van der Waals surface area contributed by atoms with Crippen molar-refractivity contribution in [1.82, 2.24) is 15.3 Å². The largest absolute Gasteiger partial charge is 0.399 e. The summed E-state index contributed by atoms with van der Waals surface area (Å²) in [7, 11) is 0. The lowest BCUT2D eigenvalue weighted by Crippen LogP contribution is -2.61. The topological polar surface area (TPSA) is 108 Å². The maximum atomic E-state index is 14.4. The van der Waals surface area contributed by atoms with Gasteiger partial charge in [-0.05, 0) is 68.9 Å². The number of nitrogens with one attached hydrogen (secondary N) is 2. The van der Waals surface area contributed by atoms with E-state index in [4.69, 9.17) is 5.73 Å². The maximum absolute atomic E-state index is 14.4. The second-order valence-electron chi connectivity index (χ2n) is 11.0. The van der Waals surface area contributed by atoms with Crippen LogP contribution in [-0.2, 0) is 9.59 Å². The Bertz CT molecular complexity index is 1310. The molecule has 1 aliphatic rings. The molecule has 4 rings (SSSR count). The molecule has 0 saturated carbocycles. The van der Waals surface area contributed by atoms with Gasteiger partial charge in [-0.3, -0.25) is 9.59 Å². The summed E-state index contributed by atoms with van der Waals surface area (Å²) in [5.74, 6) is -0.648. The smallest absolute Gasteiger partial charge is 0.319 e. The van der Waals surface area contributed by atoms with Gasteiger partial charge in [-0.15, -0.1) is 0 Å². The summed E-state index contributed by atoms with van der Waals surface area (Å²) in [5, 5.41) is 8.80. The zero-order chi connectivity index (χ0) is 28.2. The number of anilines is 2. The summed E-state index contributed by atoms with van der Waals surface area (Å²) in [4.78, 5) is 40.6. The van der Waals surface area contributed by atoms with Gasteiger partial charge in [-0.1, -0.05) is 66.7 Å². The molecule has 1 heterocycles. The summed E-state index contributed by atoms with van der Waals surface area (Å²) in [5.41, 5.74) is 8.21. The fourth-order valence-corrected chi connectivity index (χ4v) is 5.36. The molecule has 1 fully saturated rings. The average molecular weight is 528 g/mol. The fourth-order valence-electron chi connectivity index (χ4n) is 5.36. The van der Waals surface area contributed by atoms with Gasteiger partial charge in [0, 0.05) is 18.3 Å². The van der Waals surface area contributed by atoms with Gasteiger partial charge in [0.05, 0.1) is 11.6 Å². The number of nitrogens with zero attached hydrogens (tertiary/aromatic N) is 2. The highest BCUT2D eigenvalue weighted by molar-refractivity contribution is 5.94. The molecule has 8 nitrogen and oxygen atoms in total. The molecule has 1 saturated heterocycles. The Morgan fingerprint density at radius 1 is 0.897 bits per heavy atom. The van der Waals surface area contributed by atoms with Crippen molar-refractivity contribution in [2.75, 3.05) is 11.1 Å². The first-order valence-electron chi connectivity index (χ1n) is 13.2. The Kier molecular flexibility index (Phi) is 8.24. The van der Waals surface area contributed by atoms with Gasteiger partial charge in [-0.25, -0.2) is 14.8 Å². The third-order valence-electron chi connectivity index (χ3n) is 6.90. The van der Waals surface area contributed by atoms with E-state index in [1.807, 2.05) is 81.4 Å². The Morgan fingerprint density at radius 2 is 1.51 bits per heavy atom. The van der Waals surface area contributed by atoms with Gasteiger partial charge >= 0.3 is 6.03 Å². The summed E-state index contributed by atoms with van der Waals surface area (Å²) in [6.07, 6.45) is 0.956. The van der Waals surface area contributed by atoms with Gasteiger partial charge < -0.3 is 16.4 Å². The minimum atomic E-state index is -0.880. The number of rotatable bonds is 5. The number of nitrogens with two attached hydrogens (primary N) is 1. The third kappa shape index (κ3) is 6.57. The second-order valence-corrected chi connectivity index (χ2v) is 11.0. The molecule has 39 heavy (non-hydrogen) atoms. The van der Waals surface area contributed by atoms with E-state index in [0.29, 0.717) is 24.2 Å². The molecule has 3 aromatic carbocycles. The van der Waals surface area contributed by atoms with Crippen molar-refractivity contribution in [2.24, 2.45) is 0 Å². The van der Waals surface area contributed by atoms with Crippen LogP contribution in [0.3, 0.4) is 0 Å². The first-order chi connectivity index (χ1) is 18.5. The highest BCUT2D eigenvalue weighted by atomic mass is 16.2. The van der Waals surface area contributed by atoms with Crippen molar-refractivity contribution in [2.45, 2.75) is 64.1 Å². The van der Waals surface area contributed by atoms with Crippen LogP contribution >= 0.6 is 0 Å². The lowest BCUT2D eigenvalue weighted by atomic mass is 9.86. The highest BCUT2D eigenvalue weighted by Crippen LogP contribution is 2.41. The summed E-state index contributed by atoms with van der Waals surface area (Å²) in [6, 6.07) is 24.8. The van der Waals surface area contributed by atoms with Crippen molar-refractivity contribution < 1.29 is 14.4 Å². The van der Waals surface area contributed by atoms with E-state index in [1.165, 1.54) is 11.9 Å². The van der Waals surface area contributed by atoms with Crippen LogP contribution in [0.4, 0.5) is 16.2 Å². The summed E-state index contributed by atoms with van der Waals surface area (Å²) in [6.45, 7) is 7.17. The van der Waals surface area contributed by atoms with Crippen molar-refractivity contribution in [3.05, 3.63) is 96.1 Å². The molecule has 0 aromatic heterocycles. The monoisotopic (exact) mass is 527 g/mol. The van der Waals surface area contributed by atoms with Crippen LogP contribution in [0.25, 0.3) is 0 Å². The number of hydrazine groups is 1. The predicted molar refractivity (Wildman–Crippen MR) is 154 cm³/mol. The van der Waals surface area contributed by atoms with E-state index >= 15 is 0 Å². The zero-order valence-corrected chi connectivity index (χ0v) is 22.9. The quantitative estimate of drug-likeness (QED) is 0.383. The minimum absolute atomic E-state index is 0.0585. The minimum Gasteiger partial charge on any atom is -0.399 e. The number of hydrogen-bond donors (Lipinski definition) is 3. The molecule has 0 radical (unpaired) electrons. The molecule has 0 aliphatic carbocycles. The molecule has 3 atom stereocenters. The standard InChI is InChI=1S/C31H37N5O3/c1-21(37)36(31(2,3)4)35-28(23-14-9-6-10-15-23)19-24(22-12-7-5-8-13-22)18-27(29(35)38)34-30(39)33-26-17-11-16-25(32)20-26/h5-17,20,24,27-28H,18-19,32H2,1-4H3,(H2,33,34,39). The molecule has 1 aliphatic heterocycles. The van der Waals surface area contributed by atoms with Crippen molar-refractivity contribution >= 4 is 29.2 Å². The molecule has 3 aromatic rings. The molecule has 8 heteroatoms. The van der Waals surface area contributed by atoms with Crippen LogP contribution in [0.5, 0.6) is 0 Å². The van der Waals surface area contributed by atoms with Gasteiger partial charge in [0.25, 0.3) is 5.91 Å². The van der Waals surface area contributed by atoms with Crippen molar-refractivity contribution in [3.63, 3.8) is 0 Å². The molecule has 204 valence electrons. The van der Waals surface area contributed by atoms with Gasteiger partial charge in [0.1, 0.15) is 6.04 Å². The number of carbonyl (C=O) groups is 3. The molecular weight excluding hydrogens is 490 g/mol. The molecular formula is C31H37N5O3. The Labute approximate surface area is 230 Å². The maximum Gasteiger partial charge on any atom is 0.319 e. The van der Waals surface area contributed by atoms with Crippen molar-refractivity contribution in [3.8, 4) is 0 Å². The number of nitrogen functional groups attached to an aromatic ring is 1. The van der Waals surface area contributed by atoms with E-state index < -0.39 is 23.7 Å². The van der Waals surface area contributed by atoms with E-state index in [1.54, 1.807) is 29.3 Å². The number of benzene rings is 3. The molecule has 0 spiro atoms. The average Bonchev–Trinajstić information content (AvgIpc) is 3.01. The molecule has 4 N–H and O–H groups in total. The summed E-state index contributed by atoms with van der Waals surface area (Å²) >= 11 is 0. The zero-order valence-electron chi connectivity index (χ0n) is 22.9. The molecule has 3 unspecified atom stereocenters. The molecule has 4 amide bonds. The van der Waals surface area contributed by atoms with Crippen LogP contribution in [0.15, 0.2) is 84.9 Å². The first kappa shape index (κ1) is 27.7. The van der Waals surface area contributed by atoms with E-state index in [-0.39, 0.29) is 17.7 Å². The predicted octanol–water partition coefficient (Wildman–Crippen LogP) is 5.47. The SMILES string of the molecule is CC(=O)N(N1C(=O)C(NC(=O)Nc2cccc(N)c2)CC(c2ccccc2)CC1c1ccccc1)C(C)(C)C. The fraction of sp³-hybridized carbons (Fsp3) is 0.323. The van der Waals surface area contributed by atoms with E-state index in [0.717, 1.165) is 11.1 Å². The number of urea groups is 1. The second kappa shape index (κ2) is 11.6. The molecule has 0 bridgehead atoms. The van der Waals surface area contributed by atoms with Crippen LogP contribution in [-0.4, -0.2) is 39.4 Å². The Hall–Kier alpha value is -4.33. The highest BCUT2D eigenvalue weighted by Gasteiger charge is 2.45. The number of amides is 4. The lowest BCUT2D eigenvalue weighted by Gasteiger charge is -2.47. The van der Waals surface area contributed by atoms with Crippen LogP contribution < -0.4 is 16.4 Å². The van der Waals surface area contributed by atoms with Gasteiger partial charge in [-0.2, -0.15) is 0 Å². The number of hydrogen-bond acceptors (Lipinski definition) is 4.